The summed E-state index contributed by atoms with van der Waals surface area (Å²) in [5, 5.41) is 3.64. The van der Waals surface area contributed by atoms with E-state index >= 15 is 0 Å². The number of hydrogen-bond acceptors (Lipinski definition) is 5. The molecule has 92 valence electrons. The average molecular weight is 255 g/mol. The quantitative estimate of drug-likeness (QED) is 0.887. The summed E-state index contributed by atoms with van der Waals surface area (Å²) in [6, 6.07) is 1.60. The van der Waals surface area contributed by atoms with E-state index in [-0.39, 0.29) is 10.9 Å². The third kappa shape index (κ3) is 2.55. The van der Waals surface area contributed by atoms with Gasteiger partial charge in [-0.25, -0.2) is 13.4 Å². The Morgan fingerprint density at radius 2 is 2.24 bits per heavy atom. The number of H-pyrrole nitrogens is 1. The Kier molecular flexibility index (Phi) is 3.01. The molecule has 6 nitrogen and oxygen atoms in total. The Hall–Kier alpha value is -1.63. The van der Waals surface area contributed by atoms with Gasteiger partial charge in [-0.2, -0.15) is 0 Å². The fraction of sp³-hybridized carbons (Fsp3) is 0.400. The van der Waals surface area contributed by atoms with Gasteiger partial charge in [0, 0.05) is 18.0 Å². The smallest absolute Gasteiger partial charge is 0.225 e. The number of nitrogens with zero attached hydrogens (tertiary/aromatic N) is 2. The number of nitrogens with one attached hydrogen (secondary N) is 1. The third-order valence-electron chi connectivity index (χ3n) is 2.30. The number of aromatic amines is 1. The number of aryl methyl sites for hydroxylation is 2. The van der Waals surface area contributed by atoms with Gasteiger partial charge in [0.2, 0.25) is 15.0 Å². The van der Waals surface area contributed by atoms with Crippen molar-refractivity contribution in [2.75, 3.05) is 0 Å². The van der Waals surface area contributed by atoms with E-state index in [2.05, 4.69) is 15.1 Å². The predicted molar refractivity (Wildman–Crippen MR) is 60.1 cm³/mol. The highest BCUT2D eigenvalue weighted by Crippen LogP contribution is 2.13. The Labute approximate surface area is 99.0 Å². The van der Waals surface area contributed by atoms with E-state index in [0.717, 1.165) is 5.69 Å². The summed E-state index contributed by atoms with van der Waals surface area (Å²) in [5.74, 6) is 0.380. The molecule has 0 saturated carbocycles. The molecule has 0 aliphatic heterocycles. The van der Waals surface area contributed by atoms with E-state index in [1.54, 1.807) is 13.0 Å². The zero-order valence-electron chi connectivity index (χ0n) is 9.60. The lowest BCUT2D eigenvalue weighted by Crippen LogP contribution is -2.07. The Balaban J connectivity index is 2.24. The summed E-state index contributed by atoms with van der Waals surface area (Å²) in [4.78, 5) is 6.63. The maximum absolute atomic E-state index is 12.0. The molecule has 0 bridgehead atoms. The van der Waals surface area contributed by atoms with Crippen molar-refractivity contribution >= 4 is 9.84 Å². The monoisotopic (exact) mass is 255 g/mol. The molecule has 7 heteroatoms. The first-order valence-electron chi connectivity index (χ1n) is 5.20. The standard InChI is InChI=1S/C10H13N3O3S/c1-3-8-5-11-10(12-8)17(14,15)6-9-4-7(2)16-13-9/h4-5H,3,6H2,1-2H3,(H,11,12). The first kappa shape index (κ1) is 11.8. The highest BCUT2D eigenvalue weighted by molar-refractivity contribution is 7.90. The van der Waals surface area contributed by atoms with E-state index in [9.17, 15) is 8.42 Å². The second kappa shape index (κ2) is 4.33. The summed E-state index contributed by atoms with van der Waals surface area (Å²) < 4.78 is 28.8. The highest BCUT2D eigenvalue weighted by atomic mass is 32.2. The minimum Gasteiger partial charge on any atom is -0.361 e. The van der Waals surface area contributed by atoms with Crippen molar-refractivity contribution in [3.05, 3.63) is 29.4 Å². The van der Waals surface area contributed by atoms with Gasteiger partial charge in [-0.1, -0.05) is 12.1 Å². The number of aromatic nitrogens is 3. The van der Waals surface area contributed by atoms with Gasteiger partial charge in [-0.3, -0.25) is 0 Å². The molecule has 2 aromatic rings. The summed E-state index contributed by atoms with van der Waals surface area (Å²) in [6.45, 7) is 3.64. The minimum absolute atomic E-state index is 0.0185. The van der Waals surface area contributed by atoms with Crippen molar-refractivity contribution in [2.24, 2.45) is 0 Å². The molecule has 1 N–H and O–H groups in total. The fourth-order valence-electron chi connectivity index (χ4n) is 1.43. The molecule has 0 unspecified atom stereocenters. The topological polar surface area (TPSA) is 88.8 Å². The summed E-state index contributed by atoms with van der Waals surface area (Å²) in [7, 11) is -3.48. The van der Waals surface area contributed by atoms with Gasteiger partial charge in [-0.15, -0.1) is 0 Å². The van der Waals surface area contributed by atoms with Crippen LogP contribution in [0.5, 0.6) is 0 Å². The van der Waals surface area contributed by atoms with Crippen LogP contribution < -0.4 is 0 Å². The fourth-order valence-corrected chi connectivity index (χ4v) is 2.59. The van der Waals surface area contributed by atoms with Gasteiger partial charge in [-0.05, 0) is 13.3 Å². The van der Waals surface area contributed by atoms with Crippen LogP contribution in [0.1, 0.15) is 24.1 Å². The number of sulfone groups is 1. The zero-order chi connectivity index (χ0) is 12.5. The van der Waals surface area contributed by atoms with Gasteiger partial charge < -0.3 is 9.51 Å². The van der Waals surface area contributed by atoms with Crippen LogP contribution in [0.25, 0.3) is 0 Å². The maximum atomic E-state index is 12.0. The molecule has 0 amide bonds. The summed E-state index contributed by atoms with van der Waals surface area (Å²) in [5.41, 5.74) is 1.18. The molecule has 2 heterocycles. The van der Waals surface area contributed by atoms with Gasteiger partial charge in [0.1, 0.15) is 11.5 Å². The molecular formula is C10H13N3O3S. The van der Waals surface area contributed by atoms with Crippen LogP contribution in [0, 0.1) is 6.92 Å². The van der Waals surface area contributed by atoms with Gasteiger partial charge in [0.15, 0.2) is 0 Å². The van der Waals surface area contributed by atoms with Crippen molar-refractivity contribution in [3.8, 4) is 0 Å². The highest BCUT2D eigenvalue weighted by Gasteiger charge is 2.20. The maximum Gasteiger partial charge on any atom is 0.225 e. The molecule has 0 atom stereocenters. The van der Waals surface area contributed by atoms with Gasteiger partial charge in [0.05, 0.1) is 5.69 Å². The van der Waals surface area contributed by atoms with E-state index in [0.29, 0.717) is 17.9 Å². The van der Waals surface area contributed by atoms with Crippen molar-refractivity contribution in [3.63, 3.8) is 0 Å². The van der Waals surface area contributed by atoms with Crippen LogP contribution in [0.2, 0.25) is 0 Å². The van der Waals surface area contributed by atoms with Gasteiger partial charge in [0.25, 0.3) is 0 Å². The van der Waals surface area contributed by atoms with E-state index < -0.39 is 9.84 Å². The minimum atomic E-state index is -3.48. The zero-order valence-corrected chi connectivity index (χ0v) is 10.4. The molecule has 0 aliphatic rings. The van der Waals surface area contributed by atoms with E-state index in [1.165, 1.54) is 6.20 Å². The number of hydrogen-bond donors (Lipinski definition) is 1. The van der Waals surface area contributed by atoms with Crippen molar-refractivity contribution in [2.45, 2.75) is 31.2 Å². The molecule has 0 saturated heterocycles. The van der Waals surface area contributed by atoms with Crippen LogP contribution in [-0.4, -0.2) is 23.5 Å². The first-order chi connectivity index (χ1) is 8.01. The SMILES string of the molecule is CCc1cnc(S(=O)(=O)Cc2cc(C)on2)[nH]1. The molecular weight excluding hydrogens is 242 g/mol. The molecule has 0 fully saturated rings. The summed E-state index contributed by atoms with van der Waals surface area (Å²) >= 11 is 0. The molecule has 0 aromatic carbocycles. The normalized spacial score (nSPS) is 11.9. The molecule has 0 aliphatic carbocycles. The molecule has 0 spiro atoms. The van der Waals surface area contributed by atoms with Crippen LogP contribution in [-0.2, 0) is 22.0 Å². The van der Waals surface area contributed by atoms with E-state index in [4.69, 9.17) is 4.52 Å². The third-order valence-corrected chi connectivity index (χ3v) is 3.77. The summed E-state index contributed by atoms with van der Waals surface area (Å²) in [6.07, 6.45) is 2.24. The second-order valence-corrected chi connectivity index (χ2v) is 5.66. The van der Waals surface area contributed by atoms with Crippen molar-refractivity contribution in [1.29, 1.82) is 0 Å². The first-order valence-corrected chi connectivity index (χ1v) is 6.85. The molecule has 2 aromatic heterocycles. The van der Waals surface area contributed by atoms with Crippen LogP contribution in [0.3, 0.4) is 0 Å². The Morgan fingerprint density at radius 1 is 1.47 bits per heavy atom. The van der Waals surface area contributed by atoms with Crippen LogP contribution in [0.4, 0.5) is 0 Å². The Morgan fingerprint density at radius 3 is 2.76 bits per heavy atom. The van der Waals surface area contributed by atoms with Gasteiger partial charge >= 0.3 is 0 Å². The predicted octanol–water partition coefficient (Wildman–Crippen LogP) is 1.24. The largest absolute Gasteiger partial charge is 0.361 e. The second-order valence-electron chi connectivity index (χ2n) is 3.76. The number of imidazole rings is 1. The lowest BCUT2D eigenvalue weighted by Gasteiger charge is -1.96. The lowest BCUT2D eigenvalue weighted by atomic mass is 10.4. The van der Waals surface area contributed by atoms with Crippen LogP contribution in [0.15, 0.2) is 21.9 Å². The van der Waals surface area contributed by atoms with Crippen molar-refractivity contribution in [1.82, 2.24) is 15.1 Å². The number of rotatable bonds is 4. The molecule has 0 radical (unpaired) electrons. The Bertz CT molecular complexity index is 612. The molecule has 2 rings (SSSR count). The van der Waals surface area contributed by atoms with Crippen LogP contribution >= 0.6 is 0 Å². The van der Waals surface area contributed by atoms with E-state index in [1.807, 2.05) is 6.92 Å². The molecule has 17 heavy (non-hydrogen) atoms. The average Bonchev–Trinajstić information content (AvgIpc) is 2.86. The lowest BCUT2D eigenvalue weighted by molar-refractivity contribution is 0.392. The van der Waals surface area contributed by atoms with Crippen molar-refractivity contribution < 1.29 is 12.9 Å².